The third-order valence-electron chi connectivity index (χ3n) is 5.12. The Morgan fingerprint density at radius 1 is 0.889 bits per heavy atom. The molecule has 0 fully saturated rings. The van der Waals surface area contributed by atoms with Crippen LogP contribution >= 0.6 is 0 Å². The van der Waals surface area contributed by atoms with E-state index >= 15 is 0 Å². The quantitative estimate of drug-likeness (QED) is 0.332. The first-order valence-corrected chi connectivity index (χ1v) is 11.3. The average Bonchev–Trinajstić information content (AvgIpc) is 2.88. The van der Waals surface area contributed by atoms with E-state index in [4.69, 9.17) is 4.98 Å². The molecule has 0 atom stereocenters. The Labute approximate surface area is 168 Å². The molecule has 0 aliphatic heterocycles. The number of hydrogen-bond acceptors (Lipinski definition) is 1. The van der Waals surface area contributed by atoms with Crippen LogP contribution in [-0.2, 0) is 6.42 Å². The molecule has 138 valence electrons. The van der Waals surface area contributed by atoms with Crippen LogP contribution in [0.5, 0.6) is 0 Å². The van der Waals surface area contributed by atoms with Crippen molar-refractivity contribution >= 4 is 34.9 Å². The zero-order valence-electron chi connectivity index (χ0n) is 17.1. The fourth-order valence-electron chi connectivity index (χ4n) is 4.05. The van der Waals surface area contributed by atoms with E-state index in [2.05, 4.69) is 77.9 Å². The fraction of sp³-hybridized carbons (Fsp3) is 0.320. The molecule has 0 aliphatic carbocycles. The molecule has 0 amide bonds. The van der Waals surface area contributed by atoms with E-state index in [1.807, 2.05) is 6.20 Å². The van der Waals surface area contributed by atoms with Gasteiger partial charge in [0.25, 0.3) is 0 Å². The number of aryl methyl sites for hydroxylation is 3. The van der Waals surface area contributed by atoms with E-state index < -0.39 is 0 Å². The molecule has 1 nitrogen and oxygen atoms in total. The van der Waals surface area contributed by atoms with Crippen LogP contribution in [0.3, 0.4) is 0 Å². The van der Waals surface area contributed by atoms with E-state index in [1.165, 1.54) is 49.1 Å². The van der Waals surface area contributed by atoms with Crippen LogP contribution in [0.4, 0.5) is 0 Å². The van der Waals surface area contributed by atoms with Crippen molar-refractivity contribution in [2.75, 3.05) is 0 Å². The van der Waals surface area contributed by atoms with Crippen LogP contribution < -0.4 is 0 Å². The Kier molecular flexibility index (Phi) is 4.53. The predicted octanol–water partition coefficient (Wildman–Crippen LogP) is 6.63. The van der Waals surface area contributed by atoms with Gasteiger partial charge in [-0.15, -0.1) is 0 Å². The van der Waals surface area contributed by atoms with Crippen molar-refractivity contribution in [1.82, 2.24) is 4.98 Å². The molecule has 27 heavy (non-hydrogen) atoms. The van der Waals surface area contributed by atoms with Crippen LogP contribution in [0, 0.1) is 26.2 Å². The summed E-state index contributed by atoms with van der Waals surface area (Å²) in [6.45, 7) is 13.7. The number of pyridine rings is 1. The number of benzene rings is 2. The van der Waals surface area contributed by atoms with Gasteiger partial charge in [0.05, 0.1) is 0 Å². The molecule has 2 heterocycles. The third kappa shape index (κ3) is 3.49. The van der Waals surface area contributed by atoms with Gasteiger partial charge in [-0.25, -0.2) is 0 Å². The van der Waals surface area contributed by atoms with Gasteiger partial charge in [0.1, 0.15) is 0 Å². The van der Waals surface area contributed by atoms with Crippen molar-refractivity contribution < 1.29 is 0 Å². The van der Waals surface area contributed by atoms with Gasteiger partial charge in [-0.3, -0.25) is 0 Å². The minimum absolute atomic E-state index is 0.335. The summed E-state index contributed by atoms with van der Waals surface area (Å²) >= 11 is 0.449. The van der Waals surface area contributed by atoms with Gasteiger partial charge in [0.2, 0.25) is 0 Å². The molecular formula is C25H27NSe. The van der Waals surface area contributed by atoms with E-state index in [9.17, 15) is 0 Å². The number of aromatic nitrogens is 1. The van der Waals surface area contributed by atoms with Gasteiger partial charge >= 0.3 is 168 Å². The molecule has 0 spiro atoms. The van der Waals surface area contributed by atoms with Crippen LogP contribution in [0.1, 0.15) is 41.9 Å². The average molecular weight is 420 g/mol. The molecule has 0 saturated heterocycles. The Bertz CT molecular complexity index is 1140. The van der Waals surface area contributed by atoms with Gasteiger partial charge in [-0.1, -0.05) is 0 Å². The van der Waals surface area contributed by atoms with E-state index in [0.29, 0.717) is 19.9 Å². The number of rotatable bonds is 2. The molecule has 2 aromatic heterocycles. The zero-order chi connectivity index (χ0) is 19.3. The standard InChI is InChI=1S/C25H27NSe/c1-15-11-16(2)13-18(12-15)24-20-7-8-21-23(19(20)9-10-26-24)17(3)22(27-21)14-25(4,5)6/h7-13H,14H2,1-6H3. The molecule has 0 N–H and O–H groups in total. The molecule has 0 bridgehead atoms. The summed E-state index contributed by atoms with van der Waals surface area (Å²) in [6.07, 6.45) is 3.17. The van der Waals surface area contributed by atoms with Gasteiger partial charge in [-0.2, -0.15) is 0 Å². The summed E-state index contributed by atoms with van der Waals surface area (Å²) in [5.41, 5.74) is 6.74. The maximum atomic E-state index is 4.78. The predicted molar refractivity (Wildman–Crippen MR) is 119 cm³/mol. The first kappa shape index (κ1) is 18.5. The molecule has 0 radical (unpaired) electrons. The summed E-state index contributed by atoms with van der Waals surface area (Å²) < 4.78 is 3.19. The number of hydrogen-bond donors (Lipinski definition) is 0. The van der Waals surface area contributed by atoms with E-state index in [1.54, 1.807) is 4.44 Å². The van der Waals surface area contributed by atoms with Crippen molar-refractivity contribution in [1.29, 1.82) is 0 Å². The molecule has 0 aliphatic rings. The van der Waals surface area contributed by atoms with Crippen molar-refractivity contribution in [2.45, 2.75) is 48.0 Å². The molecule has 0 saturated carbocycles. The van der Waals surface area contributed by atoms with E-state index in [-0.39, 0.29) is 0 Å². The molecule has 2 aromatic carbocycles. The van der Waals surface area contributed by atoms with Gasteiger partial charge in [0.15, 0.2) is 0 Å². The topological polar surface area (TPSA) is 12.9 Å². The second kappa shape index (κ2) is 6.62. The SMILES string of the molecule is Cc1cc(C)cc(-c2nccc3c2ccc2[se]c(CC(C)(C)C)c(C)c23)c1. The van der Waals surface area contributed by atoms with Crippen LogP contribution in [0.15, 0.2) is 42.6 Å². The maximum absolute atomic E-state index is 4.78. The van der Waals surface area contributed by atoms with Crippen LogP contribution in [-0.4, -0.2) is 19.5 Å². The van der Waals surface area contributed by atoms with Crippen molar-refractivity contribution in [3.8, 4) is 11.3 Å². The molecule has 4 rings (SSSR count). The Morgan fingerprint density at radius 3 is 2.26 bits per heavy atom. The summed E-state index contributed by atoms with van der Waals surface area (Å²) in [4.78, 5) is 4.78. The second-order valence-corrected chi connectivity index (χ2v) is 11.3. The summed E-state index contributed by atoms with van der Waals surface area (Å²) in [5.74, 6) is 0. The Morgan fingerprint density at radius 2 is 1.59 bits per heavy atom. The van der Waals surface area contributed by atoms with Gasteiger partial charge in [-0.05, 0) is 0 Å². The monoisotopic (exact) mass is 421 g/mol. The molecule has 2 heteroatoms. The first-order chi connectivity index (χ1) is 12.7. The molecular weight excluding hydrogens is 393 g/mol. The first-order valence-electron chi connectivity index (χ1n) is 9.61. The van der Waals surface area contributed by atoms with Crippen molar-refractivity contribution in [3.05, 3.63) is 63.7 Å². The summed E-state index contributed by atoms with van der Waals surface area (Å²) in [5, 5.41) is 4.10. The fourth-order valence-corrected chi connectivity index (χ4v) is 7.25. The zero-order valence-corrected chi connectivity index (χ0v) is 18.8. The summed E-state index contributed by atoms with van der Waals surface area (Å²) in [7, 11) is 0. The normalized spacial score (nSPS) is 12.2. The Hall–Kier alpha value is -1.89. The van der Waals surface area contributed by atoms with Crippen molar-refractivity contribution in [3.63, 3.8) is 0 Å². The van der Waals surface area contributed by atoms with Crippen LogP contribution in [0.25, 0.3) is 31.7 Å². The number of nitrogens with zero attached hydrogens (tertiary/aromatic N) is 1. The molecule has 0 unspecified atom stereocenters. The minimum atomic E-state index is 0.335. The third-order valence-corrected chi connectivity index (χ3v) is 7.76. The van der Waals surface area contributed by atoms with Gasteiger partial charge < -0.3 is 0 Å². The van der Waals surface area contributed by atoms with E-state index in [0.717, 1.165) is 5.69 Å². The van der Waals surface area contributed by atoms with Gasteiger partial charge in [0, 0.05) is 0 Å². The number of fused-ring (bicyclic) bond motifs is 3. The second-order valence-electron chi connectivity index (χ2n) is 8.96. The summed E-state index contributed by atoms with van der Waals surface area (Å²) in [6, 6.07) is 13.6. The Balaban J connectivity index is 1.98. The van der Waals surface area contributed by atoms with Crippen LogP contribution in [0.2, 0.25) is 0 Å². The molecule has 4 aromatic rings. The van der Waals surface area contributed by atoms with Crippen molar-refractivity contribution in [2.24, 2.45) is 5.41 Å².